The molecule has 0 saturated carbocycles. The molecule has 28 heavy (non-hydrogen) atoms. The van der Waals surface area contributed by atoms with Crippen molar-refractivity contribution in [2.75, 3.05) is 33.0 Å². The fourth-order valence-electron chi connectivity index (χ4n) is 4.03. The van der Waals surface area contributed by atoms with Gasteiger partial charge in [0.05, 0.1) is 51.8 Å². The second kappa shape index (κ2) is 9.71. The Bertz CT molecular complexity index is 578. The zero-order valence-corrected chi connectivity index (χ0v) is 18.2. The number of benzene rings is 1. The van der Waals surface area contributed by atoms with Crippen LogP contribution in [0, 0.1) is 10.8 Å². The molecule has 1 aromatic carbocycles. The monoisotopic (exact) mass is 390 g/mol. The molecule has 2 fully saturated rings. The van der Waals surface area contributed by atoms with Gasteiger partial charge in [-0.1, -0.05) is 38.1 Å². The molecule has 2 atom stereocenters. The average Bonchev–Trinajstić information content (AvgIpc) is 2.63. The third-order valence-corrected chi connectivity index (χ3v) is 6.61. The molecule has 0 amide bonds. The largest absolute Gasteiger partial charge is 0.380 e. The summed E-state index contributed by atoms with van der Waals surface area (Å²) in [6, 6.07) is 8.78. The summed E-state index contributed by atoms with van der Waals surface area (Å²) in [5.41, 5.74) is 3.16. The third-order valence-electron chi connectivity index (χ3n) is 6.61. The minimum absolute atomic E-state index is 0.223. The molecule has 2 aliphatic rings. The lowest BCUT2D eigenvalue weighted by Crippen LogP contribution is -2.46. The average molecular weight is 391 g/mol. The zero-order valence-electron chi connectivity index (χ0n) is 18.2. The number of hydrogen-bond acceptors (Lipinski definition) is 4. The van der Waals surface area contributed by atoms with Gasteiger partial charge in [-0.15, -0.1) is 0 Å². The van der Waals surface area contributed by atoms with Crippen LogP contribution in [-0.4, -0.2) is 45.2 Å². The van der Waals surface area contributed by atoms with Gasteiger partial charge in [-0.25, -0.2) is 0 Å². The Balaban J connectivity index is 1.38. The molecule has 0 N–H and O–H groups in total. The van der Waals surface area contributed by atoms with Gasteiger partial charge in [0.2, 0.25) is 0 Å². The second-order valence-corrected chi connectivity index (χ2v) is 9.16. The first kappa shape index (κ1) is 21.8. The summed E-state index contributed by atoms with van der Waals surface area (Å²) in [5, 5.41) is 0. The van der Waals surface area contributed by atoms with Crippen molar-refractivity contribution in [1.29, 1.82) is 0 Å². The Hall–Kier alpha value is -0.940. The van der Waals surface area contributed by atoms with Crippen LogP contribution in [0.4, 0.5) is 0 Å². The van der Waals surface area contributed by atoms with Crippen LogP contribution in [0.3, 0.4) is 0 Å². The van der Waals surface area contributed by atoms with E-state index in [1.807, 2.05) is 0 Å². The lowest BCUT2D eigenvalue weighted by molar-refractivity contribution is -0.158. The highest BCUT2D eigenvalue weighted by atomic mass is 16.5. The van der Waals surface area contributed by atoms with Crippen molar-refractivity contribution in [2.45, 2.75) is 72.2 Å². The van der Waals surface area contributed by atoms with Gasteiger partial charge in [-0.2, -0.15) is 0 Å². The Labute approximate surface area is 170 Å². The molecular weight excluding hydrogens is 352 g/mol. The summed E-state index contributed by atoms with van der Waals surface area (Å²) in [6.07, 6.45) is 4.80. The van der Waals surface area contributed by atoms with E-state index in [2.05, 4.69) is 52.0 Å². The van der Waals surface area contributed by atoms with E-state index in [0.29, 0.717) is 12.0 Å². The summed E-state index contributed by atoms with van der Waals surface area (Å²) < 4.78 is 23.0. The van der Waals surface area contributed by atoms with Crippen LogP contribution >= 0.6 is 0 Å². The molecule has 1 aromatic rings. The predicted octanol–water partition coefficient (Wildman–Crippen LogP) is 4.78. The second-order valence-electron chi connectivity index (χ2n) is 9.16. The minimum atomic E-state index is 0.223. The van der Waals surface area contributed by atoms with Gasteiger partial charge in [0.25, 0.3) is 0 Å². The fraction of sp³-hybridized carbons (Fsp3) is 0.750. The van der Waals surface area contributed by atoms with Crippen molar-refractivity contribution in [1.82, 2.24) is 0 Å². The normalized spacial score (nSPS) is 22.1. The molecule has 158 valence electrons. The standard InChI is InChI=1S/C24H38O4/c1-5-23(14-25-15-23)12-20(4)27-13-22-9-7-21(8-10-22)11-19(3)28-18-24(6-2)16-26-17-24/h7-10,19-20H,5-6,11-18H2,1-4H3. The Kier molecular flexibility index (Phi) is 7.54. The van der Waals surface area contributed by atoms with E-state index in [-0.39, 0.29) is 17.6 Å². The molecule has 0 aromatic heterocycles. The van der Waals surface area contributed by atoms with Gasteiger partial charge in [0.15, 0.2) is 0 Å². The van der Waals surface area contributed by atoms with Crippen molar-refractivity contribution >= 4 is 0 Å². The van der Waals surface area contributed by atoms with Gasteiger partial charge in [0, 0.05) is 10.8 Å². The minimum Gasteiger partial charge on any atom is -0.380 e. The van der Waals surface area contributed by atoms with Gasteiger partial charge < -0.3 is 18.9 Å². The van der Waals surface area contributed by atoms with E-state index in [1.54, 1.807) is 0 Å². The highest BCUT2D eigenvalue weighted by Crippen LogP contribution is 2.36. The SMILES string of the molecule is CCC1(COC(C)Cc2ccc(COC(C)CC3(CC)COC3)cc2)COC1. The molecule has 0 radical (unpaired) electrons. The molecular formula is C24H38O4. The van der Waals surface area contributed by atoms with Crippen molar-refractivity contribution in [3.63, 3.8) is 0 Å². The van der Waals surface area contributed by atoms with E-state index in [0.717, 1.165) is 52.3 Å². The number of rotatable bonds is 12. The van der Waals surface area contributed by atoms with E-state index >= 15 is 0 Å². The van der Waals surface area contributed by atoms with E-state index < -0.39 is 0 Å². The van der Waals surface area contributed by atoms with Gasteiger partial charge in [-0.3, -0.25) is 0 Å². The Morgan fingerprint density at radius 3 is 1.89 bits per heavy atom. The molecule has 4 nitrogen and oxygen atoms in total. The van der Waals surface area contributed by atoms with E-state index in [4.69, 9.17) is 18.9 Å². The van der Waals surface area contributed by atoms with Crippen LogP contribution in [0.25, 0.3) is 0 Å². The summed E-state index contributed by atoms with van der Waals surface area (Å²) in [5.74, 6) is 0. The van der Waals surface area contributed by atoms with Crippen LogP contribution in [0.2, 0.25) is 0 Å². The van der Waals surface area contributed by atoms with E-state index in [1.165, 1.54) is 17.5 Å². The smallest absolute Gasteiger partial charge is 0.0720 e. The molecule has 0 bridgehead atoms. The Morgan fingerprint density at radius 1 is 0.821 bits per heavy atom. The molecule has 0 aliphatic carbocycles. The van der Waals surface area contributed by atoms with Crippen LogP contribution in [-0.2, 0) is 32.0 Å². The van der Waals surface area contributed by atoms with Crippen molar-refractivity contribution in [3.8, 4) is 0 Å². The van der Waals surface area contributed by atoms with Crippen molar-refractivity contribution in [3.05, 3.63) is 35.4 Å². The highest BCUT2D eigenvalue weighted by Gasteiger charge is 2.38. The van der Waals surface area contributed by atoms with Crippen molar-refractivity contribution in [2.24, 2.45) is 10.8 Å². The van der Waals surface area contributed by atoms with Crippen LogP contribution in [0.15, 0.2) is 24.3 Å². The zero-order chi connectivity index (χ0) is 20.0. The maximum absolute atomic E-state index is 6.11. The number of ether oxygens (including phenoxy) is 4. The molecule has 2 heterocycles. The quantitative estimate of drug-likeness (QED) is 0.514. The maximum atomic E-state index is 6.11. The Morgan fingerprint density at radius 2 is 1.39 bits per heavy atom. The summed E-state index contributed by atoms with van der Waals surface area (Å²) in [6.45, 7) is 13.8. The predicted molar refractivity (Wildman–Crippen MR) is 112 cm³/mol. The summed E-state index contributed by atoms with van der Waals surface area (Å²) in [7, 11) is 0. The maximum Gasteiger partial charge on any atom is 0.0720 e. The fourth-order valence-corrected chi connectivity index (χ4v) is 4.03. The van der Waals surface area contributed by atoms with Crippen LogP contribution in [0.1, 0.15) is 58.1 Å². The molecule has 2 aliphatic heterocycles. The van der Waals surface area contributed by atoms with E-state index in [9.17, 15) is 0 Å². The molecule has 0 spiro atoms. The summed E-state index contributed by atoms with van der Waals surface area (Å²) in [4.78, 5) is 0. The van der Waals surface area contributed by atoms with Gasteiger partial charge >= 0.3 is 0 Å². The molecule has 2 unspecified atom stereocenters. The first-order valence-corrected chi connectivity index (χ1v) is 10.9. The first-order valence-electron chi connectivity index (χ1n) is 10.9. The van der Waals surface area contributed by atoms with Gasteiger partial charge in [0.1, 0.15) is 0 Å². The van der Waals surface area contributed by atoms with Gasteiger partial charge in [-0.05, 0) is 50.7 Å². The molecule has 3 rings (SSSR count). The third kappa shape index (κ3) is 5.56. The summed E-state index contributed by atoms with van der Waals surface area (Å²) >= 11 is 0. The first-order chi connectivity index (χ1) is 13.5. The lowest BCUT2D eigenvalue weighted by atomic mass is 9.78. The number of hydrogen-bond donors (Lipinski definition) is 0. The topological polar surface area (TPSA) is 36.9 Å². The molecule has 2 saturated heterocycles. The highest BCUT2D eigenvalue weighted by molar-refractivity contribution is 5.22. The van der Waals surface area contributed by atoms with Crippen LogP contribution in [0.5, 0.6) is 0 Å². The van der Waals surface area contributed by atoms with Crippen molar-refractivity contribution < 1.29 is 18.9 Å². The molecule has 4 heteroatoms. The lowest BCUT2D eigenvalue weighted by Gasteiger charge is -2.42. The van der Waals surface area contributed by atoms with Crippen LogP contribution < -0.4 is 0 Å².